The summed E-state index contributed by atoms with van der Waals surface area (Å²) in [6.07, 6.45) is -9.39. The molecule has 0 aromatic heterocycles. The van der Waals surface area contributed by atoms with Crippen molar-refractivity contribution >= 4 is 5.97 Å². The summed E-state index contributed by atoms with van der Waals surface area (Å²) in [5, 5.41) is 3.05. The third kappa shape index (κ3) is 5.78. The molecule has 0 aromatic rings. The lowest BCUT2D eigenvalue weighted by Gasteiger charge is -2.37. The number of rotatable bonds is 6. The fourth-order valence-electron chi connectivity index (χ4n) is 2.62. The van der Waals surface area contributed by atoms with Gasteiger partial charge < -0.3 is 10.1 Å². The molecule has 3 nitrogen and oxygen atoms in total. The molecule has 10 heteroatoms. The maximum Gasteiger partial charge on any atom is 0.395 e. The van der Waals surface area contributed by atoms with E-state index in [4.69, 9.17) is 4.74 Å². The maximum atomic E-state index is 13.4. The minimum atomic E-state index is -5.48. The highest BCUT2D eigenvalue weighted by Gasteiger charge is 2.62. The number of carbonyl (C=O) groups excluding carboxylic acids is 1. The van der Waals surface area contributed by atoms with Crippen molar-refractivity contribution in [2.75, 3.05) is 13.1 Å². The quantitative estimate of drug-likeness (QED) is 0.571. The first-order valence-corrected chi connectivity index (χ1v) is 7.41. The molecule has 1 saturated heterocycles. The second-order valence-electron chi connectivity index (χ2n) is 6.48. The molecule has 1 rings (SSSR count). The number of esters is 1. The summed E-state index contributed by atoms with van der Waals surface area (Å²) in [5.74, 6) is -12.3. The lowest BCUT2D eigenvalue weighted by molar-refractivity contribution is -0.267. The molecule has 0 bridgehead atoms. The zero-order chi connectivity index (χ0) is 18.8. The Bertz CT molecular complexity index is 443. The average Bonchev–Trinajstić information content (AvgIpc) is 2.35. The molecule has 1 fully saturated rings. The number of hydrogen-bond acceptors (Lipinski definition) is 3. The van der Waals surface area contributed by atoms with Crippen molar-refractivity contribution in [1.82, 2.24) is 5.32 Å². The first-order valence-electron chi connectivity index (χ1n) is 7.41. The van der Waals surface area contributed by atoms with Gasteiger partial charge in [0.05, 0.1) is 0 Å². The van der Waals surface area contributed by atoms with E-state index >= 15 is 0 Å². The van der Waals surface area contributed by atoms with Gasteiger partial charge in [-0.25, -0.2) is 0 Å². The first-order chi connectivity index (χ1) is 10.7. The van der Waals surface area contributed by atoms with Crippen LogP contribution in [0.1, 0.15) is 39.5 Å². The number of alkyl halides is 7. The van der Waals surface area contributed by atoms with Crippen molar-refractivity contribution < 1.29 is 40.3 Å². The van der Waals surface area contributed by atoms with Crippen molar-refractivity contribution in [3.63, 3.8) is 0 Å². The van der Waals surface area contributed by atoms with E-state index in [0.29, 0.717) is 25.9 Å². The predicted octanol–water partition coefficient (Wildman–Crippen LogP) is 3.92. The van der Waals surface area contributed by atoms with Gasteiger partial charge in [0.1, 0.15) is 18.4 Å². The lowest BCUT2D eigenvalue weighted by Crippen LogP contribution is -2.47. The Hall–Kier alpha value is -1.06. The first kappa shape index (κ1) is 21.0. The number of hydrogen-bond donors (Lipinski definition) is 1. The summed E-state index contributed by atoms with van der Waals surface area (Å²) in [6.45, 7) is 4.19. The van der Waals surface area contributed by atoms with Crippen molar-refractivity contribution in [2.24, 2.45) is 5.92 Å². The highest BCUT2D eigenvalue weighted by molar-refractivity contribution is 5.71. The molecule has 0 saturated carbocycles. The average molecular weight is 367 g/mol. The summed E-state index contributed by atoms with van der Waals surface area (Å²) in [7, 11) is 0. The van der Waals surface area contributed by atoms with Crippen molar-refractivity contribution in [2.45, 2.75) is 63.2 Å². The smallest absolute Gasteiger partial charge is 0.395 e. The fraction of sp³-hybridized carbons (Fsp3) is 0.929. The fourth-order valence-corrected chi connectivity index (χ4v) is 2.62. The standard InChI is InChI=1S/C14H20F7NO2/c1-11(2,9-3-5-22-6-4-9)24-10(23)7-12(15,16)13(17,18)8-14(19,20)21/h9,22H,3-8H2,1-2H3. The summed E-state index contributed by atoms with van der Waals surface area (Å²) in [5.41, 5.74) is -1.17. The Balaban J connectivity index is 2.71. The molecule has 0 amide bonds. The largest absolute Gasteiger partial charge is 0.459 e. The zero-order valence-corrected chi connectivity index (χ0v) is 13.3. The normalized spacial score (nSPS) is 18.5. The van der Waals surface area contributed by atoms with Crippen molar-refractivity contribution in [3.8, 4) is 0 Å². The highest BCUT2D eigenvalue weighted by atomic mass is 19.4. The highest BCUT2D eigenvalue weighted by Crippen LogP contribution is 2.44. The lowest BCUT2D eigenvalue weighted by atomic mass is 9.83. The minimum Gasteiger partial charge on any atom is -0.459 e. The molecule has 0 spiro atoms. The van der Waals surface area contributed by atoms with E-state index < -0.39 is 42.4 Å². The summed E-state index contributed by atoms with van der Waals surface area (Å²) in [4.78, 5) is 11.6. The van der Waals surface area contributed by atoms with Gasteiger partial charge in [-0.1, -0.05) is 0 Å². The van der Waals surface area contributed by atoms with Crippen LogP contribution in [0.3, 0.4) is 0 Å². The topological polar surface area (TPSA) is 38.3 Å². The molecule has 0 aromatic carbocycles. The van der Waals surface area contributed by atoms with E-state index in [1.54, 1.807) is 0 Å². The van der Waals surface area contributed by atoms with E-state index in [1.165, 1.54) is 13.8 Å². The molecule has 0 radical (unpaired) electrons. The molecule has 0 unspecified atom stereocenters. The van der Waals surface area contributed by atoms with Crippen LogP contribution >= 0.6 is 0 Å². The van der Waals surface area contributed by atoms with Crippen LogP contribution in [0.5, 0.6) is 0 Å². The molecule has 1 heterocycles. The van der Waals surface area contributed by atoms with Crippen LogP contribution in [0.15, 0.2) is 0 Å². The van der Waals surface area contributed by atoms with Crippen LogP contribution in [0, 0.1) is 5.92 Å². The van der Waals surface area contributed by atoms with Crippen molar-refractivity contribution in [1.29, 1.82) is 0 Å². The monoisotopic (exact) mass is 367 g/mol. The molecular weight excluding hydrogens is 347 g/mol. The van der Waals surface area contributed by atoms with Gasteiger partial charge in [0.25, 0.3) is 0 Å². The number of carbonyl (C=O) groups is 1. The van der Waals surface area contributed by atoms with Crippen LogP contribution in [0.25, 0.3) is 0 Å². The third-order valence-corrected chi connectivity index (χ3v) is 4.02. The molecule has 0 aliphatic carbocycles. The number of ether oxygens (including phenoxy) is 1. The third-order valence-electron chi connectivity index (χ3n) is 4.02. The van der Waals surface area contributed by atoms with Crippen LogP contribution < -0.4 is 5.32 Å². The zero-order valence-electron chi connectivity index (χ0n) is 13.3. The van der Waals surface area contributed by atoms with Gasteiger partial charge in [-0.2, -0.15) is 30.7 Å². The van der Waals surface area contributed by atoms with Gasteiger partial charge in [-0.05, 0) is 39.8 Å². The van der Waals surface area contributed by atoms with Crippen LogP contribution in [-0.4, -0.2) is 42.7 Å². The molecule has 1 N–H and O–H groups in total. The van der Waals surface area contributed by atoms with E-state index in [0.717, 1.165) is 0 Å². The summed E-state index contributed by atoms with van der Waals surface area (Å²) < 4.78 is 94.1. The Kier molecular flexibility index (Phi) is 6.16. The molecule has 24 heavy (non-hydrogen) atoms. The van der Waals surface area contributed by atoms with Crippen molar-refractivity contribution in [3.05, 3.63) is 0 Å². The predicted molar refractivity (Wildman–Crippen MR) is 70.9 cm³/mol. The van der Waals surface area contributed by atoms with E-state index in [1.807, 2.05) is 0 Å². The second kappa shape index (κ2) is 7.05. The second-order valence-corrected chi connectivity index (χ2v) is 6.48. The number of piperidine rings is 1. The Labute approximate surface area is 134 Å². The van der Waals surface area contributed by atoms with Gasteiger partial charge in [-0.3, -0.25) is 4.79 Å². The molecule has 1 aliphatic heterocycles. The van der Waals surface area contributed by atoms with Crippen LogP contribution in [0.4, 0.5) is 30.7 Å². The number of nitrogens with one attached hydrogen (secondary N) is 1. The van der Waals surface area contributed by atoms with Gasteiger partial charge in [0.15, 0.2) is 0 Å². The number of halogens is 7. The van der Waals surface area contributed by atoms with E-state index in [-0.39, 0.29) is 5.92 Å². The van der Waals surface area contributed by atoms with Gasteiger partial charge >= 0.3 is 24.0 Å². The Morgan fingerprint density at radius 1 is 1.00 bits per heavy atom. The Morgan fingerprint density at radius 3 is 1.96 bits per heavy atom. The summed E-state index contributed by atoms with van der Waals surface area (Å²) >= 11 is 0. The SMILES string of the molecule is CC(C)(OC(=O)CC(F)(F)C(F)(F)CC(F)(F)F)C1CCNCC1. The summed E-state index contributed by atoms with van der Waals surface area (Å²) in [6, 6.07) is 0. The van der Waals surface area contributed by atoms with Gasteiger partial charge in [-0.15, -0.1) is 0 Å². The van der Waals surface area contributed by atoms with E-state index in [9.17, 15) is 35.5 Å². The molecule has 1 aliphatic rings. The van der Waals surface area contributed by atoms with Gasteiger partial charge in [0, 0.05) is 5.92 Å². The molecule has 142 valence electrons. The van der Waals surface area contributed by atoms with Crippen LogP contribution in [-0.2, 0) is 9.53 Å². The van der Waals surface area contributed by atoms with E-state index in [2.05, 4.69) is 5.32 Å². The Morgan fingerprint density at radius 2 is 1.50 bits per heavy atom. The van der Waals surface area contributed by atoms with Crippen LogP contribution in [0.2, 0.25) is 0 Å². The molecular formula is C14H20F7NO2. The van der Waals surface area contributed by atoms with Gasteiger partial charge in [0.2, 0.25) is 0 Å². The maximum absolute atomic E-state index is 13.4. The minimum absolute atomic E-state index is 0.160. The molecule has 0 atom stereocenters.